The van der Waals surface area contributed by atoms with Crippen LogP contribution in [0.2, 0.25) is 0 Å². The highest BCUT2D eigenvalue weighted by atomic mass is 16.5. The zero-order valence-electron chi connectivity index (χ0n) is 17.1. The van der Waals surface area contributed by atoms with Crippen molar-refractivity contribution in [2.75, 3.05) is 13.7 Å². The number of imidazole rings is 2. The van der Waals surface area contributed by atoms with Gasteiger partial charge in [-0.25, -0.2) is 14.8 Å². The molecular formula is C23H24N4O3. The third-order valence-corrected chi connectivity index (χ3v) is 4.96. The first-order valence-corrected chi connectivity index (χ1v) is 9.97. The standard InChI is InChI=1S/C23H24N4O3/c1-3-30-23(28)18-7-10-21-20(15-18)25-22(17-5-8-19(29-2)9-6-17)27(21)13-4-12-26-14-11-24-16-26/h5-11,14-16H,3-4,12-13H2,1-2H3. The molecule has 4 aromatic rings. The lowest BCUT2D eigenvalue weighted by Crippen LogP contribution is -2.05. The van der Waals surface area contributed by atoms with Crippen LogP contribution in [0.5, 0.6) is 5.75 Å². The predicted molar refractivity (Wildman–Crippen MR) is 115 cm³/mol. The van der Waals surface area contributed by atoms with Gasteiger partial charge >= 0.3 is 5.97 Å². The zero-order chi connectivity index (χ0) is 20.9. The maximum atomic E-state index is 12.1. The highest BCUT2D eigenvalue weighted by molar-refractivity contribution is 5.94. The van der Waals surface area contributed by atoms with Gasteiger partial charge in [0.25, 0.3) is 0 Å². The number of rotatable bonds is 8. The Balaban J connectivity index is 1.70. The SMILES string of the molecule is CCOC(=O)c1ccc2c(c1)nc(-c1ccc(OC)cc1)n2CCCn1ccnc1. The summed E-state index contributed by atoms with van der Waals surface area (Å²) in [4.78, 5) is 21.1. The molecule has 0 amide bonds. The van der Waals surface area contributed by atoms with Crippen LogP contribution in [0.1, 0.15) is 23.7 Å². The highest BCUT2D eigenvalue weighted by Gasteiger charge is 2.15. The van der Waals surface area contributed by atoms with Gasteiger partial charge in [0, 0.05) is 31.0 Å². The van der Waals surface area contributed by atoms with E-state index in [0.717, 1.165) is 47.7 Å². The third kappa shape index (κ3) is 4.05. The molecule has 0 radical (unpaired) electrons. The Kier molecular flexibility index (Phi) is 5.79. The molecule has 0 aliphatic heterocycles. The van der Waals surface area contributed by atoms with E-state index >= 15 is 0 Å². The average Bonchev–Trinajstić information content (AvgIpc) is 3.42. The molecule has 4 rings (SSSR count). The summed E-state index contributed by atoms with van der Waals surface area (Å²) in [5.41, 5.74) is 3.26. The van der Waals surface area contributed by atoms with Crippen LogP contribution in [0.25, 0.3) is 22.4 Å². The summed E-state index contributed by atoms with van der Waals surface area (Å²) < 4.78 is 14.7. The van der Waals surface area contributed by atoms with Crippen LogP contribution in [-0.4, -0.2) is 38.8 Å². The number of esters is 1. The molecule has 2 aromatic heterocycles. The molecule has 0 bridgehead atoms. The number of nitrogens with zero attached hydrogens (tertiary/aromatic N) is 4. The summed E-state index contributed by atoms with van der Waals surface area (Å²) in [5, 5.41) is 0. The van der Waals surface area contributed by atoms with E-state index in [1.807, 2.05) is 42.9 Å². The molecule has 7 nitrogen and oxygen atoms in total. The second kappa shape index (κ2) is 8.82. The average molecular weight is 404 g/mol. The van der Waals surface area contributed by atoms with Crippen molar-refractivity contribution in [1.82, 2.24) is 19.1 Å². The van der Waals surface area contributed by atoms with Crippen LogP contribution in [0, 0.1) is 0 Å². The minimum Gasteiger partial charge on any atom is -0.497 e. The number of hydrogen-bond donors (Lipinski definition) is 0. The van der Waals surface area contributed by atoms with Gasteiger partial charge in [0.15, 0.2) is 0 Å². The van der Waals surface area contributed by atoms with Crippen molar-refractivity contribution in [3.05, 3.63) is 66.7 Å². The Morgan fingerprint density at radius 2 is 1.93 bits per heavy atom. The predicted octanol–water partition coefficient (Wildman–Crippen LogP) is 4.18. The number of fused-ring (bicyclic) bond motifs is 1. The van der Waals surface area contributed by atoms with Crippen molar-refractivity contribution in [3.8, 4) is 17.1 Å². The Morgan fingerprint density at radius 1 is 1.10 bits per heavy atom. The third-order valence-electron chi connectivity index (χ3n) is 4.96. The summed E-state index contributed by atoms with van der Waals surface area (Å²) in [5.74, 6) is 1.32. The van der Waals surface area contributed by atoms with Crippen LogP contribution < -0.4 is 4.74 Å². The van der Waals surface area contributed by atoms with E-state index in [9.17, 15) is 4.79 Å². The monoisotopic (exact) mass is 404 g/mol. The molecule has 154 valence electrons. The summed E-state index contributed by atoms with van der Waals surface area (Å²) in [6, 6.07) is 13.4. The Morgan fingerprint density at radius 3 is 2.63 bits per heavy atom. The minimum atomic E-state index is -0.333. The summed E-state index contributed by atoms with van der Waals surface area (Å²) >= 11 is 0. The molecule has 0 saturated carbocycles. The lowest BCUT2D eigenvalue weighted by Gasteiger charge is -2.10. The molecule has 2 aromatic carbocycles. The first-order valence-electron chi connectivity index (χ1n) is 9.97. The molecular weight excluding hydrogens is 380 g/mol. The van der Waals surface area contributed by atoms with Crippen LogP contribution in [-0.2, 0) is 17.8 Å². The maximum absolute atomic E-state index is 12.1. The van der Waals surface area contributed by atoms with Crippen LogP contribution in [0.4, 0.5) is 0 Å². The number of aryl methyl sites for hydroxylation is 2. The van der Waals surface area contributed by atoms with Crippen molar-refractivity contribution in [2.45, 2.75) is 26.4 Å². The van der Waals surface area contributed by atoms with Crippen molar-refractivity contribution >= 4 is 17.0 Å². The van der Waals surface area contributed by atoms with Crippen molar-refractivity contribution in [1.29, 1.82) is 0 Å². The molecule has 0 N–H and O–H groups in total. The Hall–Kier alpha value is -3.61. The number of carbonyl (C=O) groups excluding carboxylic acids is 1. The van der Waals surface area contributed by atoms with Crippen LogP contribution in [0.3, 0.4) is 0 Å². The smallest absolute Gasteiger partial charge is 0.338 e. The summed E-state index contributed by atoms with van der Waals surface area (Å²) in [6.45, 7) is 3.79. The lowest BCUT2D eigenvalue weighted by atomic mass is 10.2. The van der Waals surface area contributed by atoms with Gasteiger partial charge in [0.05, 0.1) is 36.6 Å². The Labute approximate surface area is 174 Å². The van der Waals surface area contributed by atoms with Gasteiger partial charge < -0.3 is 18.6 Å². The van der Waals surface area contributed by atoms with Gasteiger partial charge in [-0.05, 0) is 55.8 Å². The van der Waals surface area contributed by atoms with Gasteiger partial charge in [-0.1, -0.05) is 0 Å². The molecule has 0 fully saturated rings. The number of aromatic nitrogens is 4. The van der Waals surface area contributed by atoms with Gasteiger partial charge in [-0.3, -0.25) is 0 Å². The molecule has 0 aliphatic carbocycles. The molecule has 2 heterocycles. The highest BCUT2D eigenvalue weighted by Crippen LogP contribution is 2.27. The molecule has 0 saturated heterocycles. The number of hydrogen-bond acceptors (Lipinski definition) is 5. The fraction of sp³-hybridized carbons (Fsp3) is 0.261. The van der Waals surface area contributed by atoms with Gasteiger partial charge in [0.1, 0.15) is 11.6 Å². The van der Waals surface area contributed by atoms with Crippen molar-refractivity contribution in [3.63, 3.8) is 0 Å². The van der Waals surface area contributed by atoms with Gasteiger partial charge in [0.2, 0.25) is 0 Å². The van der Waals surface area contributed by atoms with E-state index in [-0.39, 0.29) is 5.97 Å². The topological polar surface area (TPSA) is 71.2 Å². The fourth-order valence-electron chi connectivity index (χ4n) is 3.49. The first-order chi connectivity index (χ1) is 14.7. The lowest BCUT2D eigenvalue weighted by molar-refractivity contribution is 0.0526. The second-order valence-corrected chi connectivity index (χ2v) is 6.89. The summed E-state index contributed by atoms with van der Waals surface area (Å²) in [7, 11) is 1.65. The van der Waals surface area contributed by atoms with E-state index in [4.69, 9.17) is 14.5 Å². The quantitative estimate of drug-likeness (QED) is 0.412. The zero-order valence-corrected chi connectivity index (χ0v) is 17.1. The molecule has 0 unspecified atom stereocenters. The van der Waals surface area contributed by atoms with Crippen molar-refractivity contribution < 1.29 is 14.3 Å². The molecule has 0 aliphatic rings. The van der Waals surface area contributed by atoms with E-state index in [1.165, 1.54) is 0 Å². The minimum absolute atomic E-state index is 0.333. The molecule has 30 heavy (non-hydrogen) atoms. The Bertz CT molecular complexity index is 1130. The van der Waals surface area contributed by atoms with Crippen LogP contribution in [0.15, 0.2) is 61.2 Å². The number of carbonyl (C=O) groups is 1. The van der Waals surface area contributed by atoms with E-state index in [0.29, 0.717) is 12.2 Å². The number of benzene rings is 2. The summed E-state index contributed by atoms with van der Waals surface area (Å²) in [6.07, 6.45) is 6.49. The molecule has 7 heteroatoms. The first kappa shape index (κ1) is 19.7. The van der Waals surface area contributed by atoms with Gasteiger partial charge in [-0.2, -0.15) is 0 Å². The van der Waals surface area contributed by atoms with Gasteiger partial charge in [-0.15, -0.1) is 0 Å². The second-order valence-electron chi connectivity index (χ2n) is 6.89. The molecule has 0 spiro atoms. The van der Waals surface area contributed by atoms with E-state index in [1.54, 1.807) is 32.4 Å². The van der Waals surface area contributed by atoms with Crippen molar-refractivity contribution in [2.24, 2.45) is 0 Å². The van der Waals surface area contributed by atoms with Crippen LogP contribution >= 0.6 is 0 Å². The van der Waals surface area contributed by atoms with E-state index in [2.05, 4.69) is 14.1 Å². The van der Waals surface area contributed by atoms with E-state index < -0.39 is 0 Å². The normalized spacial score (nSPS) is 11.0. The maximum Gasteiger partial charge on any atom is 0.338 e. The number of methoxy groups -OCH3 is 1. The largest absolute Gasteiger partial charge is 0.497 e. The molecule has 0 atom stereocenters. The fourth-order valence-corrected chi connectivity index (χ4v) is 3.49. The number of ether oxygens (including phenoxy) is 2.